The first-order valence-electron chi connectivity index (χ1n) is 5.78. The average Bonchev–Trinajstić information content (AvgIpc) is 2.93. The van der Waals surface area contributed by atoms with Crippen molar-refractivity contribution < 1.29 is 0 Å². The monoisotopic (exact) mass is 309 g/mol. The third-order valence-electron chi connectivity index (χ3n) is 3.10. The van der Waals surface area contributed by atoms with E-state index < -0.39 is 0 Å². The fourth-order valence-corrected chi connectivity index (χ4v) is 2.73. The number of nitrogens with zero attached hydrogens (tertiary/aromatic N) is 6. The summed E-state index contributed by atoms with van der Waals surface area (Å²) in [7, 11) is 0. The molecule has 0 unspecified atom stereocenters. The molecule has 1 atom stereocenters. The Labute approximate surface area is 112 Å². The lowest BCUT2D eigenvalue weighted by atomic mass is 9.97. The summed E-state index contributed by atoms with van der Waals surface area (Å²) in [6, 6.07) is 0. The maximum Gasteiger partial charge on any atom is 0.179 e. The lowest BCUT2D eigenvalue weighted by Crippen LogP contribution is -2.35. The summed E-state index contributed by atoms with van der Waals surface area (Å²) in [5.74, 6) is 2.02. The van der Waals surface area contributed by atoms with E-state index in [0.717, 1.165) is 42.0 Å². The molecule has 2 aromatic heterocycles. The molecule has 18 heavy (non-hydrogen) atoms. The summed E-state index contributed by atoms with van der Waals surface area (Å²) >= 11 is 3.48. The van der Waals surface area contributed by atoms with Crippen LogP contribution in [0.25, 0.3) is 0 Å². The van der Waals surface area contributed by atoms with Gasteiger partial charge in [0.05, 0.1) is 4.47 Å². The van der Waals surface area contributed by atoms with Crippen LogP contribution >= 0.6 is 15.9 Å². The highest BCUT2D eigenvalue weighted by Gasteiger charge is 2.26. The van der Waals surface area contributed by atoms with E-state index in [1.165, 1.54) is 0 Å². The number of hydrogen-bond acceptors (Lipinski definition) is 6. The van der Waals surface area contributed by atoms with Gasteiger partial charge in [-0.3, -0.25) is 0 Å². The molecular formula is C10H12BrN7. The number of halogens is 1. The minimum absolute atomic E-state index is 0.305. The molecule has 0 amide bonds. The molecule has 3 heterocycles. The molecule has 1 aliphatic heterocycles. The van der Waals surface area contributed by atoms with E-state index in [-0.39, 0.29) is 0 Å². The first kappa shape index (κ1) is 11.5. The number of aromatic nitrogens is 6. The molecule has 0 aromatic carbocycles. The molecule has 94 valence electrons. The smallest absolute Gasteiger partial charge is 0.179 e. The first-order chi connectivity index (χ1) is 8.84. The molecule has 1 aliphatic rings. The van der Waals surface area contributed by atoms with Gasteiger partial charge in [0.15, 0.2) is 5.82 Å². The Bertz CT molecular complexity index is 515. The summed E-state index contributed by atoms with van der Waals surface area (Å²) in [6.45, 7) is 1.85. The number of piperidine rings is 1. The van der Waals surface area contributed by atoms with Crippen molar-refractivity contribution in [3.63, 3.8) is 0 Å². The van der Waals surface area contributed by atoms with Gasteiger partial charge >= 0.3 is 0 Å². The second-order valence-electron chi connectivity index (χ2n) is 4.25. The van der Waals surface area contributed by atoms with Crippen LogP contribution < -0.4 is 4.90 Å². The van der Waals surface area contributed by atoms with E-state index in [9.17, 15) is 0 Å². The molecule has 0 aliphatic carbocycles. The van der Waals surface area contributed by atoms with Gasteiger partial charge in [0, 0.05) is 25.2 Å². The minimum atomic E-state index is 0.305. The number of H-pyrrole nitrogens is 1. The molecule has 3 rings (SSSR count). The third kappa shape index (κ3) is 2.20. The van der Waals surface area contributed by atoms with Crippen LogP contribution in [0.1, 0.15) is 24.6 Å². The number of hydrogen-bond donors (Lipinski definition) is 1. The molecule has 7 nitrogen and oxygen atoms in total. The Morgan fingerprint density at radius 1 is 1.44 bits per heavy atom. The highest BCUT2D eigenvalue weighted by atomic mass is 79.9. The minimum Gasteiger partial charge on any atom is -0.355 e. The Balaban J connectivity index is 1.81. The third-order valence-corrected chi connectivity index (χ3v) is 3.66. The quantitative estimate of drug-likeness (QED) is 0.895. The van der Waals surface area contributed by atoms with Gasteiger partial charge in [0.2, 0.25) is 0 Å². The topological polar surface area (TPSA) is 83.5 Å². The average molecular weight is 310 g/mol. The predicted molar refractivity (Wildman–Crippen MR) is 68.1 cm³/mol. The van der Waals surface area contributed by atoms with E-state index >= 15 is 0 Å². The molecule has 1 fully saturated rings. The van der Waals surface area contributed by atoms with Crippen LogP contribution in [-0.2, 0) is 0 Å². The standard InChI is InChI=1S/C10H12BrN7/c11-8-4-12-6-13-10(8)18-3-1-2-7(5-18)9-14-16-17-15-9/h4,6-7H,1-3,5H2,(H,14,15,16,17)/t7-/m1/s1. The SMILES string of the molecule is Brc1cncnc1N1CCC[C@@H](c2nn[nH]n2)C1. The van der Waals surface area contributed by atoms with Crippen molar-refractivity contribution in [2.45, 2.75) is 18.8 Å². The van der Waals surface area contributed by atoms with Crippen molar-refractivity contribution in [1.29, 1.82) is 0 Å². The zero-order chi connectivity index (χ0) is 12.4. The van der Waals surface area contributed by atoms with Crippen molar-refractivity contribution in [2.75, 3.05) is 18.0 Å². The van der Waals surface area contributed by atoms with Gasteiger partial charge in [-0.05, 0) is 28.8 Å². The fourth-order valence-electron chi connectivity index (χ4n) is 2.26. The summed E-state index contributed by atoms with van der Waals surface area (Å²) in [5.41, 5.74) is 0. The molecule has 2 aromatic rings. The van der Waals surface area contributed by atoms with E-state index in [4.69, 9.17) is 0 Å². The summed E-state index contributed by atoms with van der Waals surface area (Å²) in [6.07, 6.45) is 5.51. The van der Waals surface area contributed by atoms with E-state index in [1.54, 1.807) is 12.5 Å². The first-order valence-corrected chi connectivity index (χ1v) is 6.57. The van der Waals surface area contributed by atoms with Crippen molar-refractivity contribution in [1.82, 2.24) is 30.6 Å². The Morgan fingerprint density at radius 2 is 2.39 bits per heavy atom. The lowest BCUT2D eigenvalue weighted by Gasteiger charge is -2.32. The number of anilines is 1. The summed E-state index contributed by atoms with van der Waals surface area (Å²) in [4.78, 5) is 10.5. The second kappa shape index (κ2) is 4.97. The highest BCUT2D eigenvalue weighted by Crippen LogP contribution is 2.30. The number of aromatic amines is 1. The van der Waals surface area contributed by atoms with Gasteiger partial charge in [-0.15, -0.1) is 10.2 Å². The van der Waals surface area contributed by atoms with Gasteiger partial charge < -0.3 is 4.90 Å². The van der Waals surface area contributed by atoms with Gasteiger partial charge in [0.25, 0.3) is 0 Å². The zero-order valence-corrected chi connectivity index (χ0v) is 11.2. The van der Waals surface area contributed by atoms with E-state index in [2.05, 4.69) is 51.4 Å². The van der Waals surface area contributed by atoms with Crippen LogP contribution in [0, 0.1) is 0 Å². The van der Waals surface area contributed by atoms with Crippen LogP contribution in [0.5, 0.6) is 0 Å². The highest BCUT2D eigenvalue weighted by molar-refractivity contribution is 9.10. The van der Waals surface area contributed by atoms with Gasteiger partial charge in [-0.1, -0.05) is 5.21 Å². The number of rotatable bonds is 2. The fraction of sp³-hybridized carbons (Fsp3) is 0.500. The van der Waals surface area contributed by atoms with Crippen molar-refractivity contribution in [3.05, 3.63) is 22.8 Å². The van der Waals surface area contributed by atoms with E-state index in [0.29, 0.717) is 5.92 Å². The van der Waals surface area contributed by atoms with Gasteiger partial charge in [-0.25, -0.2) is 9.97 Å². The number of nitrogens with one attached hydrogen (secondary N) is 1. The van der Waals surface area contributed by atoms with Crippen molar-refractivity contribution in [2.24, 2.45) is 0 Å². The van der Waals surface area contributed by atoms with Crippen LogP contribution in [0.4, 0.5) is 5.82 Å². The van der Waals surface area contributed by atoms with Crippen LogP contribution in [0.15, 0.2) is 17.0 Å². The summed E-state index contributed by atoms with van der Waals surface area (Å²) < 4.78 is 0.916. The second-order valence-corrected chi connectivity index (χ2v) is 5.10. The zero-order valence-electron chi connectivity index (χ0n) is 9.62. The Hall–Kier alpha value is -1.57. The Kier molecular flexibility index (Phi) is 3.18. The summed E-state index contributed by atoms with van der Waals surface area (Å²) in [5, 5.41) is 14.3. The molecule has 0 saturated carbocycles. The van der Waals surface area contributed by atoms with Crippen LogP contribution in [0.3, 0.4) is 0 Å². The molecule has 8 heteroatoms. The normalized spacial score (nSPS) is 20.1. The molecular weight excluding hydrogens is 298 g/mol. The maximum atomic E-state index is 4.32. The maximum absolute atomic E-state index is 4.32. The molecule has 0 radical (unpaired) electrons. The molecule has 1 N–H and O–H groups in total. The molecule has 0 bridgehead atoms. The van der Waals surface area contributed by atoms with Crippen molar-refractivity contribution >= 4 is 21.7 Å². The lowest BCUT2D eigenvalue weighted by molar-refractivity contribution is 0.488. The predicted octanol–water partition coefficient (Wildman–Crippen LogP) is 1.14. The van der Waals surface area contributed by atoms with Crippen LogP contribution in [0.2, 0.25) is 0 Å². The van der Waals surface area contributed by atoms with Gasteiger partial charge in [-0.2, -0.15) is 5.21 Å². The largest absolute Gasteiger partial charge is 0.355 e. The van der Waals surface area contributed by atoms with Gasteiger partial charge in [0.1, 0.15) is 12.1 Å². The van der Waals surface area contributed by atoms with Crippen LogP contribution in [-0.4, -0.2) is 43.7 Å². The Morgan fingerprint density at radius 3 is 3.17 bits per heavy atom. The van der Waals surface area contributed by atoms with E-state index in [1.807, 2.05) is 0 Å². The molecule has 0 spiro atoms. The molecule has 1 saturated heterocycles. The number of tetrazole rings is 1. The van der Waals surface area contributed by atoms with Crippen molar-refractivity contribution in [3.8, 4) is 0 Å².